The molecule has 1 aromatic carbocycles. The SMILES string of the molecule is CNC(=O)c1coc(COC(=O)N2CCC3(CC(Oc4cc(F)c(F)c(C)c4F)C3)C2)n1. The summed E-state index contributed by atoms with van der Waals surface area (Å²) in [5, 5.41) is 2.41. The fourth-order valence-electron chi connectivity index (χ4n) is 4.21. The molecule has 0 bridgehead atoms. The van der Waals surface area contributed by atoms with Crippen molar-refractivity contribution < 1.29 is 36.7 Å². The molecule has 2 fully saturated rings. The zero-order valence-electron chi connectivity index (χ0n) is 17.5. The molecule has 2 aromatic rings. The van der Waals surface area contributed by atoms with Crippen molar-refractivity contribution in [3.8, 4) is 5.75 Å². The molecule has 4 rings (SSSR count). The Balaban J connectivity index is 1.27. The van der Waals surface area contributed by atoms with Gasteiger partial charge in [0.1, 0.15) is 12.4 Å². The van der Waals surface area contributed by atoms with E-state index in [0.717, 1.165) is 19.4 Å². The molecule has 11 heteroatoms. The monoisotopic (exact) mass is 453 g/mol. The number of rotatable bonds is 5. The number of benzene rings is 1. The first-order valence-corrected chi connectivity index (χ1v) is 10.1. The van der Waals surface area contributed by atoms with Gasteiger partial charge in [-0.25, -0.2) is 22.9 Å². The maximum Gasteiger partial charge on any atom is 0.410 e. The van der Waals surface area contributed by atoms with Crippen LogP contribution in [0.2, 0.25) is 0 Å². The Morgan fingerprint density at radius 1 is 1.31 bits per heavy atom. The lowest BCUT2D eigenvalue weighted by atomic mass is 9.66. The van der Waals surface area contributed by atoms with Crippen LogP contribution in [0.1, 0.15) is 41.2 Å². The third-order valence-corrected chi connectivity index (χ3v) is 5.98. The van der Waals surface area contributed by atoms with Crippen molar-refractivity contribution >= 4 is 12.0 Å². The van der Waals surface area contributed by atoms with Crippen molar-refractivity contribution in [2.45, 2.75) is 38.9 Å². The topological polar surface area (TPSA) is 93.9 Å². The first kappa shape index (κ1) is 22.0. The predicted octanol–water partition coefficient (Wildman–Crippen LogP) is 3.33. The fraction of sp³-hybridized carbons (Fsp3) is 0.476. The van der Waals surface area contributed by atoms with E-state index in [-0.39, 0.29) is 35.5 Å². The van der Waals surface area contributed by atoms with Gasteiger partial charge in [0, 0.05) is 31.8 Å². The Labute approximate surface area is 181 Å². The highest BCUT2D eigenvalue weighted by molar-refractivity contribution is 5.91. The van der Waals surface area contributed by atoms with Gasteiger partial charge in [-0.3, -0.25) is 4.79 Å². The number of carbonyl (C=O) groups is 2. The summed E-state index contributed by atoms with van der Waals surface area (Å²) in [6.07, 6.45) is 2.14. The van der Waals surface area contributed by atoms with Gasteiger partial charge in [-0.05, 0) is 31.6 Å². The number of oxazole rings is 1. The van der Waals surface area contributed by atoms with E-state index in [1.807, 2.05) is 0 Å². The van der Waals surface area contributed by atoms with Crippen LogP contribution < -0.4 is 10.1 Å². The summed E-state index contributed by atoms with van der Waals surface area (Å²) >= 11 is 0. The lowest BCUT2D eigenvalue weighted by Crippen LogP contribution is -2.46. The highest BCUT2D eigenvalue weighted by Crippen LogP contribution is 2.50. The summed E-state index contributed by atoms with van der Waals surface area (Å²) < 4.78 is 57.0. The van der Waals surface area contributed by atoms with E-state index < -0.39 is 35.0 Å². The molecule has 0 atom stereocenters. The standard InChI is InChI=1S/C21H22F3N3O5/c1-11-17(23)13(22)5-15(18(11)24)32-12-6-21(7-12)3-4-27(10-21)20(29)31-9-16-26-14(8-30-16)19(28)25-2/h5,8,12H,3-4,6-7,9-10H2,1-2H3,(H,25,28). The number of ether oxygens (including phenoxy) is 2. The van der Waals surface area contributed by atoms with Crippen LogP contribution in [0.25, 0.3) is 0 Å². The number of likely N-dealkylation sites (tertiary alicyclic amines) is 1. The predicted molar refractivity (Wildman–Crippen MR) is 103 cm³/mol. The number of halogens is 3. The summed E-state index contributed by atoms with van der Waals surface area (Å²) in [6, 6.07) is 0.721. The van der Waals surface area contributed by atoms with E-state index in [1.54, 1.807) is 4.90 Å². The Morgan fingerprint density at radius 2 is 2.06 bits per heavy atom. The van der Waals surface area contributed by atoms with Crippen LogP contribution in [-0.4, -0.2) is 48.1 Å². The number of amides is 2. The minimum absolute atomic E-state index is 0.0897. The largest absolute Gasteiger partial charge is 0.487 e. The van der Waals surface area contributed by atoms with E-state index in [4.69, 9.17) is 13.9 Å². The lowest BCUT2D eigenvalue weighted by Gasteiger charge is -2.44. The summed E-state index contributed by atoms with van der Waals surface area (Å²) in [7, 11) is 1.46. The molecular formula is C21H22F3N3O5. The summed E-state index contributed by atoms with van der Waals surface area (Å²) in [5.74, 6) is -3.90. The number of carbonyl (C=O) groups excluding carboxylic acids is 2. The van der Waals surface area contributed by atoms with Gasteiger partial charge in [0.05, 0.1) is 0 Å². The third kappa shape index (κ3) is 4.11. The zero-order chi connectivity index (χ0) is 23.0. The van der Waals surface area contributed by atoms with E-state index in [9.17, 15) is 22.8 Å². The number of hydrogen-bond acceptors (Lipinski definition) is 6. The highest BCUT2D eigenvalue weighted by atomic mass is 19.2. The van der Waals surface area contributed by atoms with Crippen molar-refractivity contribution in [1.29, 1.82) is 0 Å². The second kappa shape index (κ2) is 8.36. The molecule has 0 unspecified atom stereocenters. The average Bonchev–Trinajstić information content (AvgIpc) is 3.41. The fourth-order valence-corrected chi connectivity index (χ4v) is 4.21. The first-order valence-electron chi connectivity index (χ1n) is 10.1. The van der Waals surface area contributed by atoms with E-state index >= 15 is 0 Å². The number of hydrogen-bond donors (Lipinski definition) is 1. The molecule has 172 valence electrons. The highest BCUT2D eigenvalue weighted by Gasteiger charge is 2.51. The molecule has 1 N–H and O–H groups in total. The Morgan fingerprint density at radius 3 is 2.78 bits per heavy atom. The minimum atomic E-state index is -1.22. The van der Waals surface area contributed by atoms with Crippen molar-refractivity contribution in [3.63, 3.8) is 0 Å². The maximum atomic E-state index is 14.2. The maximum absolute atomic E-state index is 14.2. The Kier molecular flexibility index (Phi) is 5.74. The first-order chi connectivity index (χ1) is 15.2. The van der Waals surface area contributed by atoms with Crippen molar-refractivity contribution in [3.05, 3.63) is 46.9 Å². The molecular weight excluding hydrogens is 431 g/mol. The van der Waals surface area contributed by atoms with Crippen LogP contribution >= 0.6 is 0 Å². The molecule has 1 saturated carbocycles. The molecule has 1 saturated heterocycles. The van der Waals surface area contributed by atoms with Crippen LogP contribution in [0.4, 0.5) is 18.0 Å². The number of nitrogens with zero attached hydrogens (tertiary/aromatic N) is 2. The van der Waals surface area contributed by atoms with Gasteiger partial charge in [-0.1, -0.05) is 0 Å². The summed E-state index contributed by atoms with van der Waals surface area (Å²) in [6.45, 7) is 1.88. The molecule has 32 heavy (non-hydrogen) atoms. The molecule has 2 amide bonds. The van der Waals surface area contributed by atoms with Gasteiger partial charge in [0.2, 0.25) is 5.89 Å². The van der Waals surface area contributed by atoms with E-state index in [2.05, 4.69) is 10.3 Å². The van der Waals surface area contributed by atoms with Crippen molar-refractivity contribution in [1.82, 2.24) is 15.2 Å². The van der Waals surface area contributed by atoms with Crippen LogP contribution in [0, 0.1) is 29.8 Å². The van der Waals surface area contributed by atoms with Crippen LogP contribution in [0.3, 0.4) is 0 Å². The van der Waals surface area contributed by atoms with Crippen molar-refractivity contribution in [2.75, 3.05) is 20.1 Å². The molecule has 8 nitrogen and oxygen atoms in total. The van der Waals surface area contributed by atoms with Gasteiger partial charge in [-0.2, -0.15) is 0 Å². The van der Waals surface area contributed by atoms with E-state index in [1.165, 1.54) is 13.3 Å². The zero-order valence-corrected chi connectivity index (χ0v) is 17.5. The molecule has 1 aliphatic heterocycles. The Bertz CT molecular complexity index is 1050. The normalized spacial score (nSPS) is 22.0. The van der Waals surface area contributed by atoms with Gasteiger partial charge in [0.15, 0.2) is 35.5 Å². The van der Waals surface area contributed by atoms with E-state index in [0.29, 0.717) is 25.9 Å². The summed E-state index contributed by atoms with van der Waals surface area (Å²) in [4.78, 5) is 29.3. The second-order valence-corrected chi connectivity index (χ2v) is 8.19. The number of nitrogens with one attached hydrogen (secondary N) is 1. The van der Waals surface area contributed by atoms with Gasteiger partial charge in [0.25, 0.3) is 5.91 Å². The third-order valence-electron chi connectivity index (χ3n) is 5.98. The molecule has 2 heterocycles. The van der Waals surface area contributed by atoms with Gasteiger partial charge >= 0.3 is 6.09 Å². The molecule has 1 aliphatic carbocycles. The van der Waals surface area contributed by atoms with Gasteiger partial charge < -0.3 is 24.1 Å². The molecule has 2 aliphatic rings. The lowest BCUT2D eigenvalue weighted by molar-refractivity contribution is -0.0110. The van der Waals surface area contributed by atoms with Crippen LogP contribution in [0.5, 0.6) is 5.75 Å². The van der Waals surface area contributed by atoms with Crippen LogP contribution in [0.15, 0.2) is 16.7 Å². The minimum Gasteiger partial charge on any atom is -0.487 e. The Hall–Kier alpha value is -3.24. The quantitative estimate of drug-likeness (QED) is 0.698. The molecule has 1 aromatic heterocycles. The summed E-state index contributed by atoms with van der Waals surface area (Å²) in [5.41, 5.74) is -0.507. The second-order valence-electron chi connectivity index (χ2n) is 8.19. The van der Waals surface area contributed by atoms with Gasteiger partial charge in [-0.15, -0.1) is 0 Å². The average molecular weight is 453 g/mol. The smallest absolute Gasteiger partial charge is 0.410 e. The number of aromatic nitrogens is 1. The molecule has 1 spiro atoms. The van der Waals surface area contributed by atoms with Crippen LogP contribution in [-0.2, 0) is 11.3 Å². The van der Waals surface area contributed by atoms with Crippen molar-refractivity contribution in [2.24, 2.45) is 5.41 Å². The molecule has 0 radical (unpaired) electrons.